The second-order valence-corrected chi connectivity index (χ2v) is 5.46. The Labute approximate surface area is 109 Å². The van der Waals surface area contributed by atoms with Crippen molar-refractivity contribution < 1.29 is 0 Å². The van der Waals surface area contributed by atoms with E-state index in [4.69, 9.17) is 0 Å². The van der Waals surface area contributed by atoms with Crippen LogP contribution in [0.2, 0.25) is 0 Å². The minimum Gasteiger partial charge on any atom is -0.309 e. The predicted octanol–water partition coefficient (Wildman–Crippen LogP) is 0.563. The molecule has 6 heteroatoms. The molecule has 1 N–H and O–H groups in total. The first kappa shape index (κ1) is 13.4. The highest BCUT2D eigenvalue weighted by Gasteiger charge is 2.34. The zero-order chi connectivity index (χ0) is 13.2. The average Bonchev–Trinajstić information content (AvgIpc) is 2.75. The largest absolute Gasteiger partial charge is 0.309 e. The molecule has 1 aromatic heterocycles. The van der Waals surface area contributed by atoms with Gasteiger partial charge in [-0.25, -0.2) is 0 Å². The molecule has 1 saturated heterocycles. The highest BCUT2D eigenvalue weighted by atomic mass is 15.6. The molecule has 1 aromatic rings. The fourth-order valence-corrected chi connectivity index (χ4v) is 2.52. The summed E-state index contributed by atoms with van der Waals surface area (Å²) >= 11 is 0. The van der Waals surface area contributed by atoms with Crippen LogP contribution >= 0.6 is 0 Å². The van der Waals surface area contributed by atoms with Crippen LogP contribution in [0.1, 0.15) is 39.4 Å². The van der Waals surface area contributed by atoms with E-state index in [1.54, 1.807) is 0 Å². The van der Waals surface area contributed by atoms with Crippen molar-refractivity contribution in [1.29, 1.82) is 0 Å². The third-order valence-electron chi connectivity index (χ3n) is 3.98. The van der Waals surface area contributed by atoms with Crippen molar-refractivity contribution in [2.24, 2.45) is 7.05 Å². The lowest BCUT2D eigenvalue weighted by Crippen LogP contribution is -2.62. The Kier molecular flexibility index (Phi) is 3.97. The van der Waals surface area contributed by atoms with Crippen molar-refractivity contribution in [1.82, 2.24) is 30.4 Å². The van der Waals surface area contributed by atoms with Gasteiger partial charge in [0.05, 0.1) is 13.6 Å². The molecule has 0 bridgehead atoms. The van der Waals surface area contributed by atoms with Gasteiger partial charge in [0.25, 0.3) is 0 Å². The van der Waals surface area contributed by atoms with Gasteiger partial charge >= 0.3 is 0 Å². The number of aromatic nitrogens is 4. The lowest BCUT2D eigenvalue weighted by molar-refractivity contribution is 0.0731. The van der Waals surface area contributed by atoms with Gasteiger partial charge in [-0.1, -0.05) is 13.8 Å². The highest BCUT2D eigenvalue weighted by Crippen LogP contribution is 2.21. The van der Waals surface area contributed by atoms with E-state index in [9.17, 15) is 0 Å². The lowest BCUT2D eigenvalue weighted by Gasteiger charge is -2.45. The van der Waals surface area contributed by atoms with Crippen LogP contribution in [0.5, 0.6) is 0 Å². The first-order valence-electron chi connectivity index (χ1n) is 6.78. The number of hydrogen-bond acceptors (Lipinski definition) is 5. The van der Waals surface area contributed by atoms with Gasteiger partial charge in [0.1, 0.15) is 0 Å². The molecule has 18 heavy (non-hydrogen) atoms. The van der Waals surface area contributed by atoms with E-state index in [0.717, 1.165) is 38.3 Å². The Bertz CT molecular complexity index is 390. The average molecular weight is 252 g/mol. The predicted molar refractivity (Wildman–Crippen MR) is 70.0 cm³/mol. The van der Waals surface area contributed by atoms with Crippen molar-refractivity contribution in [2.45, 2.75) is 51.7 Å². The molecule has 0 spiro atoms. The summed E-state index contributed by atoms with van der Waals surface area (Å²) in [4.78, 5) is 4.01. The maximum Gasteiger partial charge on any atom is 0.188 e. The molecule has 1 aliphatic rings. The molecule has 2 atom stereocenters. The quantitative estimate of drug-likeness (QED) is 0.848. The number of nitrogens with one attached hydrogen (secondary N) is 1. The molecule has 0 amide bonds. The van der Waals surface area contributed by atoms with E-state index in [-0.39, 0.29) is 5.54 Å². The Hall–Kier alpha value is -1.01. The van der Waals surface area contributed by atoms with Gasteiger partial charge in [-0.15, -0.1) is 10.2 Å². The fourth-order valence-electron chi connectivity index (χ4n) is 2.52. The molecule has 0 aliphatic carbocycles. The number of hydrogen-bond donors (Lipinski definition) is 1. The molecular formula is C12H24N6. The summed E-state index contributed by atoms with van der Waals surface area (Å²) in [5.74, 6) is 0.816. The van der Waals surface area contributed by atoms with Crippen molar-refractivity contribution in [3.05, 3.63) is 5.82 Å². The van der Waals surface area contributed by atoms with Crippen LogP contribution in [0.3, 0.4) is 0 Å². The van der Waals surface area contributed by atoms with Crippen LogP contribution in [-0.4, -0.2) is 49.8 Å². The van der Waals surface area contributed by atoms with E-state index in [2.05, 4.69) is 46.4 Å². The summed E-state index contributed by atoms with van der Waals surface area (Å²) in [6, 6.07) is 0.563. The maximum atomic E-state index is 4.28. The smallest absolute Gasteiger partial charge is 0.188 e. The van der Waals surface area contributed by atoms with E-state index >= 15 is 0 Å². The Morgan fingerprint density at radius 3 is 2.78 bits per heavy atom. The van der Waals surface area contributed by atoms with Crippen LogP contribution < -0.4 is 5.32 Å². The van der Waals surface area contributed by atoms with Gasteiger partial charge in [-0.2, -0.15) is 4.80 Å². The van der Waals surface area contributed by atoms with Crippen LogP contribution in [0.15, 0.2) is 0 Å². The molecule has 1 aliphatic heterocycles. The van der Waals surface area contributed by atoms with Gasteiger partial charge in [-0.3, -0.25) is 4.90 Å². The molecule has 2 rings (SSSR count). The van der Waals surface area contributed by atoms with Crippen molar-refractivity contribution in [3.8, 4) is 0 Å². The number of rotatable bonds is 4. The number of nitrogens with zero attached hydrogens (tertiary/aromatic N) is 5. The van der Waals surface area contributed by atoms with Crippen LogP contribution in [0.25, 0.3) is 0 Å². The molecular weight excluding hydrogens is 228 g/mol. The van der Waals surface area contributed by atoms with Crippen molar-refractivity contribution in [2.75, 3.05) is 13.1 Å². The van der Waals surface area contributed by atoms with Crippen LogP contribution in [0, 0.1) is 0 Å². The second kappa shape index (κ2) is 5.32. The summed E-state index contributed by atoms with van der Waals surface area (Å²) in [5.41, 5.74) is 0.202. The topological polar surface area (TPSA) is 58.9 Å². The summed E-state index contributed by atoms with van der Waals surface area (Å²) in [7, 11) is 1.81. The summed E-state index contributed by atoms with van der Waals surface area (Å²) in [6.07, 6.45) is 2.28. The van der Waals surface area contributed by atoms with Gasteiger partial charge in [-0.05, 0) is 25.0 Å². The Morgan fingerprint density at radius 1 is 1.44 bits per heavy atom. The van der Waals surface area contributed by atoms with E-state index in [1.165, 1.54) is 4.80 Å². The zero-order valence-corrected chi connectivity index (χ0v) is 11.8. The number of piperazine rings is 1. The lowest BCUT2D eigenvalue weighted by atomic mass is 9.93. The number of tetrazole rings is 1. The molecule has 2 unspecified atom stereocenters. The Balaban J connectivity index is 2.06. The van der Waals surface area contributed by atoms with Gasteiger partial charge < -0.3 is 5.32 Å². The highest BCUT2D eigenvalue weighted by molar-refractivity contribution is 4.95. The molecule has 2 heterocycles. The first-order valence-corrected chi connectivity index (χ1v) is 6.78. The molecule has 0 radical (unpaired) electrons. The van der Waals surface area contributed by atoms with Gasteiger partial charge in [0.2, 0.25) is 0 Å². The van der Waals surface area contributed by atoms with Crippen LogP contribution in [-0.2, 0) is 13.6 Å². The molecule has 1 fully saturated rings. The fraction of sp³-hybridized carbons (Fsp3) is 0.917. The minimum atomic E-state index is 0.202. The van der Waals surface area contributed by atoms with Gasteiger partial charge in [0, 0.05) is 24.7 Å². The van der Waals surface area contributed by atoms with Crippen molar-refractivity contribution in [3.63, 3.8) is 0 Å². The normalized spacial score (nSPS) is 29.7. The third-order valence-corrected chi connectivity index (χ3v) is 3.98. The van der Waals surface area contributed by atoms with Crippen LogP contribution in [0.4, 0.5) is 0 Å². The zero-order valence-electron chi connectivity index (χ0n) is 11.8. The molecule has 0 aromatic carbocycles. The number of aryl methyl sites for hydroxylation is 1. The summed E-state index contributed by atoms with van der Waals surface area (Å²) < 4.78 is 0. The standard InChI is InChI=1S/C12H24N6/c1-5-10-7-13-12(3,6-2)9-18(10)8-11-14-16-17(4)15-11/h10,13H,5-9H2,1-4H3. The second-order valence-electron chi connectivity index (χ2n) is 5.46. The van der Waals surface area contributed by atoms with E-state index in [1.807, 2.05) is 7.05 Å². The third kappa shape index (κ3) is 2.87. The van der Waals surface area contributed by atoms with Gasteiger partial charge in [0.15, 0.2) is 5.82 Å². The Morgan fingerprint density at radius 2 is 2.22 bits per heavy atom. The molecule has 0 saturated carbocycles. The SMILES string of the molecule is CCC1CNC(C)(CC)CN1Cc1nnn(C)n1. The van der Waals surface area contributed by atoms with Crippen molar-refractivity contribution >= 4 is 0 Å². The monoisotopic (exact) mass is 252 g/mol. The molecule has 6 nitrogen and oxygen atoms in total. The molecule has 102 valence electrons. The first-order chi connectivity index (χ1) is 8.56. The van der Waals surface area contributed by atoms with E-state index < -0.39 is 0 Å². The summed E-state index contributed by atoms with van der Waals surface area (Å²) in [5, 5.41) is 15.9. The minimum absolute atomic E-state index is 0.202. The maximum absolute atomic E-state index is 4.28. The summed E-state index contributed by atoms with van der Waals surface area (Å²) in [6.45, 7) is 9.64. The van der Waals surface area contributed by atoms with E-state index in [0.29, 0.717) is 6.04 Å².